The van der Waals surface area contributed by atoms with Crippen molar-refractivity contribution in [1.82, 2.24) is 5.32 Å². The molecule has 0 aliphatic heterocycles. The summed E-state index contributed by atoms with van der Waals surface area (Å²) in [7, 11) is 0. The molecule has 2 N–H and O–H groups in total. The lowest BCUT2D eigenvalue weighted by Crippen LogP contribution is -2.33. The molecule has 0 spiro atoms. The summed E-state index contributed by atoms with van der Waals surface area (Å²) in [4.78, 5) is 24.7. The summed E-state index contributed by atoms with van der Waals surface area (Å²) in [6.07, 6.45) is 0.837. The second-order valence-corrected chi connectivity index (χ2v) is 6.36. The molecule has 0 saturated carbocycles. The number of carbonyl (C=O) groups excluding carboxylic acids is 2. The van der Waals surface area contributed by atoms with Crippen molar-refractivity contribution in [2.45, 2.75) is 40.2 Å². The standard InChI is InChI=1S/C21H26N2O3/c1-5-15(3)22-21(25)17-10-6-7-11-18(17)23-20(24)13-26-19-12-8-9-14(2)16(19)4/h6-12,15H,5,13H2,1-4H3,(H,22,25)(H,23,24)/t15-/m0/s1. The van der Waals surface area contributed by atoms with Gasteiger partial charge in [0.1, 0.15) is 5.75 Å². The lowest BCUT2D eigenvalue weighted by atomic mass is 10.1. The Labute approximate surface area is 154 Å². The number of nitrogens with one attached hydrogen (secondary N) is 2. The summed E-state index contributed by atoms with van der Waals surface area (Å²) in [5.74, 6) is 0.170. The maximum Gasteiger partial charge on any atom is 0.262 e. The van der Waals surface area contributed by atoms with E-state index in [1.165, 1.54) is 0 Å². The molecule has 1 atom stereocenters. The molecule has 2 aromatic rings. The molecular weight excluding hydrogens is 328 g/mol. The Morgan fingerprint density at radius 1 is 1.08 bits per heavy atom. The first-order valence-corrected chi connectivity index (χ1v) is 8.81. The summed E-state index contributed by atoms with van der Waals surface area (Å²) in [5, 5.41) is 5.67. The molecule has 0 saturated heterocycles. The highest BCUT2D eigenvalue weighted by Crippen LogP contribution is 2.21. The fraction of sp³-hybridized carbons (Fsp3) is 0.333. The van der Waals surface area contributed by atoms with E-state index in [2.05, 4.69) is 10.6 Å². The molecule has 0 aromatic heterocycles. The average molecular weight is 354 g/mol. The van der Waals surface area contributed by atoms with Gasteiger partial charge in [0.15, 0.2) is 6.61 Å². The van der Waals surface area contributed by atoms with E-state index in [1.54, 1.807) is 24.3 Å². The molecule has 2 rings (SSSR count). The molecule has 0 unspecified atom stereocenters. The summed E-state index contributed by atoms with van der Waals surface area (Å²) in [6, 6.07) is 12.7. The molecule has 138 valence electrons. The molecule has 5 heteroatoms. The van der Waals surface area contributed by atoms with Crippen LogP contribution in [-0.4, -0.2) is 24.5 Å². The van der Waals surface area contributed by atoms with Crippen molar-refractivity contribution in [3.8, 4) is 5.75 Å². The van der Waals surface area contributed by atoms with Crippen molar-refractivity contribution in [1.29, 1.82) is 0 Å². The van der Waals surface area contributed by atoms with Crippen LogP contribution in [0, 0.1) is 13.8 Å². The van der Waals surface area contributed by atoms with Gasteiger partial charge in [0.25, 0.3) is 11.8 Å². The molecule has 0 bridgehead atoms. The van der Waals surface area contributed by atoms with Crippen molar-refractivity contribution in [3.63, 3.8) is 0 Å². The third-order valence-electron chi connectivity index (χ3n) is 4.35. The van der Waals surface area contributed by atoms with E-state index in [1.807, 2.05) is 45.9 Å². The topological polar surface area (TPSA) is 67.4 Å². The fourth-order valence-electron chi connectivity index (χ4n) is 2.40. The highest BCUT2D eigenvalue weighted by Gasteiger charge is 2.15. The largest absolute Gasteiger partial charge is 0.483 e. The molecule has 0 aliphatic carbocycles. The van der Waals surface area contributed by atoms with E-state index in [9.17, 15) is 9.59 Å². The van der Waals surface area contributed by atoms with Gasteiger partial charge in [0, 0.05) is 6.04 Å². The molecule has 5 nitrogen and oxygen atoms in total. The van der Waals surface area contributed by atoms with E-state index in [4.69, 9.17) is 4.74 Å². The number of carbonyl (C=O) groups is 2. The van der Waals surface area contributed by atoms with Crippen LogP contribution in [0.15, 0.2) is 42.5 Å². The Bertz CT molecular complexity index is 787. The Balaban J connectivity index is 2.03. The average Bonchev–Trinajstić information content (AvgIpc) is 2.63. The normalized spacial score (nSPS) is 11.5. The number of hydrogen-bond acceptors (Lipinski definition) is 3. The van der Waals surface area contributed by atoms with Crippen molar-refractivity contribution in [3.05, 3.63) is 59.2 Å². The second-order valence-electron chi connectivity index (χ2n) is 6.36. The molecule has 26 heavy (non-hydrogen) atoms. The zero-order valence-electron chi connectivity index (χ0n) is 15.8. The van der Waals surface area contributed by atoms with Crippen LogP contribution >= 0.6 is 0 Å². The Morgan fingerprint density at radius 3 is 2.54 bits per heavy atom. The van der Waals surface area contributed by atoms with Crippen LogP contribution in [0.5, 0.6) is 5.75 Å². The number of hydrogen-bond donors (Lipinski definition) is 2. The second kappa shape index (κ2) is 9.04. The van der Waals surface area contributed by atoms with Crippen LogP contribution in [0.3, 0.4) is 0 Å². The van der Waals surface area contributed by atoms with Crippen molar-refractivity contribution in [2.24, 2.45) is 0 Å². The van der Waals surface area contributed by atoms with Crippen LogP contribution in [0.2, 0.25) is 0 Å². The van der Waals surface area contributed by atoms with Gasteiger partial charge >= 0.3 is 0 Å². The van der Waals surface area contributed by atoms with Crippen LogP contribution in [0.25, 0.3) is 0 Å². The highest BCUT2D eigenvalue weighted by molar-refractivity contribution is 6.04. The molecule has 0 radical (unpaired) electrons. The smallest absolute Gasteiger partial charge is 0.262 e. The fourth-order valence-corrected chi connectivity index (χ4v) is 2.40. The number of rotatable bonds is 7. The molecule has 0 aliphatic rings. The van der Waals surface area contributed by atoms with Crippen molar-refractivity contribution < 1.29 is 14.3 Å². The lowest BCUT2D eigenvalue weighted by Gasteiger charge is -2.15. The number of benzene rings is 2. The maximum atomic E-state index is 12.4. The van der Waals surface area contributed by atoms with Gasteiger partial charge in [-0.1, -0.05) is 31.2 Å². The zero-order valence-corrected chi connectivity index (χ0v) is 15.8. The summed E-state index contributed by atoms with van der Waals surface area (Å²) >= 11 is 0. The molecule has 2 aromatic carbocycles. The third-order valence-corrected chi connectivity index (χ3v) is 4.35. The van der Waals surface area contributed by atoms with Gasteiger partial charge in [-0.2, -0.15) is 0 Å². The molecule has 0 heterocycles. The van der Waals surface area contributed by atoms with E-state index in [-0.39, 0.29) is 24.5 Å². The Morgan fingerprint density at radius 2 is 1.81 bits per heavy atom. The predicted octanol–water partition coefficient (Wildman–Crippen LogP) is 3.85. The quantitative estimate of drug-likeness (QED) is 0.794. The van der Waals surface area contributed by atoms with Gasteiger partial charge in [-0.05, 0) is 56.5 Å². The van der Waals surface area contributed by atoms with Gasteiger partial charge in [0.05, 0.1) is 11.3 Å². The summed E-state index contributed by atoms with van der Waals surface area (Å²) in [6.45, 7) is 7.78. The van der Waals surface area contributed by atoms with E-state index < -0.39 is 0 Å². The molecule has 2 amide bonds. The van der Waals surface area contributed by atoms with E-state index in [0.29, 0.717) is 17.0 Å². The maximum absolute atomic E-state index is 12.4. The minimum Gasteiger partial charge on any atom is -0.483 e. The van der Waals surface area contributed by atoms with Crippen LogP contribution < -0.4 is 15.4 Å². The number of ether oxygens (including phenoxy) is 1. The SMILES string of the molecule is CC[C@H](C)NC(=O)c1ccccc1NC(=O)COc1cccc(C)c1C. The van der Waals surface area contributed by atoms with Gasteiger partial charge in [-0.15, -0.1) is 0 Å². The van der Waals surface area contributed by atoms with Gasteiger partial charge in [0.2, 0.25) is 0 Å². The summed E-state index contributed by atoms with van der Waals surface area (Å²) in [5.41, 5.74) is 3.03. The Kier molecular flexibility index (Phi) is 6.78. The minimum absolute atomic E-state index is 0.0684. The van der Waals surface area contributed by atoms with Crippen molar-refractivity contribution in [2.75, 3.05) is 11.9 Å². The van der Waals surface area contributed by atoms with Crippen molar-refractivity contribution >= 4 is 17.5 Å². The zero-order chi connectivity index (χ0) is 19.1. The predicted molar refractivity (Wildman–Crippen MR) is 104 cm³/mol. The minimum atomic E-state index is -0.310. The first kappa shape index (κ1) is 19.5. The monoisotopic (exact) mass is 354 g/mol. The van der Waals surface area contributed by atoms with Crippen LogP contribution in [0.1, 0.15) is 41.8 Å². The van der Waals surface area contributed by atoms with E-state index in [0.717, 1.165) is 17.5 Å². The number of aryl methyl sites for hydroxylation is 1. The van der Waals surface area contributed by atoms with Gasteiger partial charge in [-0.3, -0.25) is 9.59 Å². The number of para-hydroxylation sites is 1. The highest BCUT2D eigenvalue weighted by atomic mass is 16.5. The van der Waals surface area contributed by atoms with E-state index >= 15 is 0 Å². The lowest BCUT2D eigenvalue weighted by molar-refractivity contribution is -0.118. The van der Waals surface area contributed by atoms with Gasteiger partial charge in [-0.25, -0.2) is 0 Å². The Hall–Kier alpha value is -2.82. The summed E-state index contributed by atoms with van der Waals surface area (Å²) < 4.78 is 5.62. The first-order valence-electron chi connectivity index (χ1n) is 8.81. The van der Waals surface area contributed by atoms with Crippen LogP contribution in [-0.2, 0) is 4.79 Å². The van der Waals surface area contributed by atoms with Gasteiger partial charge < -0.3 is 15.4 Å². The van der Waals surface area contributed by atoms with Crippen LogP contribution in [0.4, 0.5) is 5.69 Å². The molecule has 0 fully saturated rings. The number of amides is 2. The third kappa shape index (κ3) is 5.09. The molecular formula is C21H26N2O3. The first-order chi connectivity index (χ1) is 12.4. The number of anilines is 1.